The van der Waals surface area contributed by atoms with E-state index in [4.69, 9.17) is 0 Å². The van der Waals surface area contributed by atoms with E-state index in [1.54, 1.807) is 54.9 Å². The van der Waals surface area contributed by atoms with Crippen molar-refractivity contribution < 1.29 is 18.0 Å². The Bertz CT molecular complexity index is 1470. The van der Waals surface area contributed by atoms with Crippen molar-refractivity contribution >= 4 is 33.2 Å². The summed E-state index contributed by atoms with van der Waals surface area (Å²) in [6, 6.07) is 22.9. The van der Waals surface area contributed by atoms with Gasteiger partial charge in [-0.3, -0.25) is 19.3 Å². The van der Waals surface area contributed by atoms with Crippen LogP contribution in [0.25, 0.3) is 0 Å². The first-order valence-corrected chi connectivity index (χ1v) is 12.6. The van der Waals surface area contributed by atoms with Crippen LogP contribution in [0.5, 0.6) is 0 Å². The number of para-hydroxylation sites is 1. The van der Waals surface area contributed by atoms with Gasteiger partial charge < -0.3 is 10.6 Å². The van der Waals surface area contributed by atoms with E-state index in [1.807, 2.05) is 13.0 Å². The number of nitrogens with zero attached hydrogens (tertiary/aromatic N) is 1. The highest BCUT2D eigenvalue weighted by Gasteiger charge is 2.16. The number of benzene rings is 3. The van der Waals surface area contributed by atoms with Gasteiger partial charge in [0.1, 0.15) is 0 Å². The molecule has 0 radical (unpaired) electrons. The fourth-order valence-electron chi connectivity index (χ4n) is 3.39. The van der Waals surface area contributed by atoms with E-state index in [2.05, 4.69) is 20.3 Å². The SMILES string of the molecule is Cc1ccc(S(=O)(=O)Nc2ccc(C(=O)Nc3ccccc3C(=O)NCc3cccnc3)cc2)cc1. The third kappa shape index (κ3) is 6.13. The number of carbonyl (C=O) groups is 2. The van der Waals surface area contributed by atoms with Gasteiger partial charge in [-0.2, -0.15) is 0 Å². The van der Waals surface area contributed by atoms with Crippen LogP contribution in [-0.2, 0) is 16.6 Å². The molecule has 0 aliphatic rings. The number of aromatic nitrogens is 1. The molecule has 3 N–H and O–H groups in total. The lowest BCUT2D eigenvalue weighted by Gasteiger charge is -2.12. The van der Waals surface area contributed by atoms with Crippen molar-refractivity contribution in [2.75, 3.05) is 10.0 Å². The second kappa shape index (κ2) is 10.8. The Balaban J connectivity index is 1.42. The van der Waals surface area contributed by atoms with E-state index in [9.17, 15) is 18.0 Å². The summed E-state index contributed by atoms with van der Waals surface area (Å²) in [5.41, 5.74) is 3.11. The first kappa shape index (κ1) is 24.6. The van der Waals surface area contributed by atoms with Gasteiger partial charge in [-0.1, -0.05) is 35.9 Å². The summed E-state index contributed by atoms with van der Waals surface area (Å²) in [5, 5.41) is 5.57. The monoisotopic (exact) mass is 500 g/mol. The first-order valence-electron chi connectivity index (χ1n) is 11.1. The predicted molar refractivity (Wildman–Crippen MR) is 138 cm³/mol. The molecular formula is C27H24N4O4S. The van der Waals surface area contributed by atoms with Gasteiger partial charge in [0.05, 0.1) is 16.1 Å². The molecule has 8 nitrogen and oxygen atoms in total. The molecule has 4 aromatic rings. The highest BCUT2D eigenvalue weighted by Crippen LogP contribution is 2.20. The molecule has 0 spiro atoms. The summed E-state index contributed by atoms with van der Waals surface area (Å²) < 4.78 is 27.7. The summed E-state index contributed by atoms with van der Waals surface area (Å²) in [7, 11) is -3.75. The van der Waals surface area contributed by atoms with Gasteiger partial charge in [0, 0.05) is 30.2 Å². The number of sulfonamides is 1. The number of amides is 2. The number of hydrogen-bond acceptors (Lipinski definition) is 5. The minimum absolute atomic E-state index is 0.147. The highest BCUT2D eigenvalue weighted by atomic mass is 32.2. The molecule has 1 heterocycles. The fraction of sp³-hybridized carbons (Fsp3) is 0.0741. The normalized spacial score (nSPS) is 10.9. The Hall–Kier alpha value is -4.50. The molecule has 0 aliphatic heterocycles. The predicted octanol–water partition coefficient (Wildman–Crippen LogP) is 4.37. The summed E-state index contributed by atoms with van der Waals surface area (Å²) in [5.74, 6) is -0.772. The third-order valence-corrected chi connectivity index (χ3v) is 6.72. The summed E-state index contributed by atoms with van der Waals surface area (Å²) in [4.78, 5) is 29.7. The van der Waals surface area contributed by atoms with Gasteiger partial charge >= 0.3 is 0 Å². The lowest BCUT2D eigenvalue weighted by Crippen LogP contribution is -2.25. The Morgan fingerprint density at radius 1 is 0.833 bits per heavy atom. The van der Waals surface area contributed by atoms with E-state index in [0.717, 1.165) is 11.1 Å². The van der Waals surface area contributed by atoms with Crippen LogP contribution in [0.2, 0.25) is 0 Å². The van der Waals surface area contributed by atoms with Gasteiger partial charge in [0.2, 0.25) is 0 Å². The van der Waals surface area contributed by atoms with Crippen LogP contribution in [0, 0.1) is 6.92 Å². The molecule has 0 atom stereocenters. The van der Waals surface area contributed by atoms with Crippen molar-refractivity contribution in [3.05, 3.63) is 120 Å². The second-order valence-corrected chi connectivity index (χ2v) is 9.72. The van der Waals surface area contributed by atoms with Crippen LogP contribution < -0.4 is 15.4 Å². The Labute approximate surface area is 209 Å². The maximum Gasteiger partial charge on any atom is 0.261 e. The molecule has 0 saturated carbocycles. The van der Waals surface area contributed by atoms with Gasteiger partial charge in [-0.15, -0.1) is 0 Å². The van der Waals surface area contributed by atoms with Crippen LogP contribution in [0.15, 0.2) is 102 Å². The molecule has 9 heteroatoms. The maximum absolute atomic E-state index is 12.8. The van der Waals surface area contributed by atoms with E-state index >= 15 is 0 Å². The van der Waals surface area contributed by atoms with Gasteiger partial charge in [0.15, 0.2) is 0 Å². The second-order valence-electron chi connectivity index (χ2n) is 8.04. The zero-order chi connectivity index (χ0) is 25.5. The largest absolute Gasteiger partial charge is 0.348 e. The molecule has 0 saturated heterocycles. The highest BCUT2D eigenvalue weighted by molar-refractivity contribution is 7.92. The molecule has 2 amide bonds. The minimum Gasteiger partial charge on any atom is -0.348 e. The quantitative estimate of drug-likeness (QED) is 0.332. The van der Waals surface area contributed by atoms with Crippen molar-refractivity contribution in [1.82, 2.24) is 10.3 Å². The molecule has 1 aromatic heterocycles. The van der Waals surface area contributed by atoms with Crippen molar-refractivity contribution in [1.29, 1.82) is 0 Å². The summed E-state index contributed by atoms with van der Waals surface area (Å²) >= 11 is 0. The number of anilines is 2. The number of aryl methyl sites for hydroxylation is 1. The molecule has 0 bridgehead atoms. The lowest BCUT2D eigenvalue weighted by molar-refractivity contribution is 0.0951. The molecule has 0 aliphatic carbocycles. The smallest absolute Gasteiger partial charge is 0.261 e. The maximum atomic E-state index is 12.8. The number of rotatable bonds is 8. The van der Waals surface area contributed by atoms with E-state index in [0.29, 0.717) is 29.0 Å². The summed E-state index contributed by atoms with van der Waals surface area (Å²) in [6.07, 6.45) is 3.32. The summed E-state index contributed by atoms with van der Waals surface area (Å²) in [6.45, 7) is 2.18. The molecule has 0 unspecified atom stereocenters. The van der Waals surface area contributed by atoms with E-state index in [1.165, 1.54) is 36.4 Å². The van der Waals surface area contributed by atoms with E-state index in [-0.39, 0.29) is 10.8 Å². The Kier molecular flexibility index (Phi) is 7.41. The van der Waals surface area contributed by atoms with Gasteiger partial charge in [0.25, 0.3) is 21.8 Å². The topological polar surface area (TPSA) is 117 Å². The van der Waals surface area contributed by atoms with Crippen LogP contribution >= 0.6 is 0 Å². The zero-order valence-electron chi connectivity index (χ0n) is 19.4. The molecule has 182 valence electrons. The fourth-order valence-corrected chi connectivity index (χ4v) is 4.44. The van der Waals surface area contributed by atoms with Crippen molar-refractivity contribution in [3.63, 3.8) is 0 Å². The number of carbonyl (C=O) groups excluding carboxylic acids is 2. The number of pyridine rings is 1. The molecule has 0 fully saturated rings. The van der Waals surface area contributed by atoms with Crippen LogP contribution in [0.1, 0.15) is 31.8 Å². The average molecular weight is 501 g/mol. The van der Waals surface area contributed by atoms with Gasteiger partial charge in [-0.25, -0.2) is 8.42 Å². The van der Waals surface area contributed by atoms with Crippen LogP contribution in [0.4, 0.5) is 11.4 Å². The Morgan fingerprint density at radius 3 is 2.25 bits per heavy atom. The third-order valence-electron chi connectivity index (χ3n) is 5.33. The van der Waals surface area contributed by atoms with Crippen LogP contribution in [-0.4, -0.2) is 25.2 Å². The van der Waals surface area contributed by atoms with Crippen molar-refractivity contribution in [2.24, 2.45) is 0 Å². The van der Waals surface area contributed by atoms with Crippen LogP contribution in [0.3, 0.4) is 0 Å². The average Bonchev–Trinajstić information content (AvgIpc) is 2.88. The lowest BCUT2D eigenvalue weighted by atomic mass is 10.1. The van der Waals surface area contributed by atoms with E-state index < -0.39 is 15.9 Å². The Morgan fingerprint density at radius 2 is 1.56 bits per heavy atom. The number of hydrogen-bond donors (Lipinski definition) is 3. The first-order chi connectivity index (χ1) is 17.3. The van der Waals surface area contributed by atoms with Crippen molar-refractivity contribution in [3.8, 4) is 0 Å². The molecular weight excluding hydrogens is 476 g/mol. The zero-order valence-corrected chi connectivity index (χ0v) is 20.2. The van der Waals surface area contributed by atoms with Gasteiger partial charge in [-0.05, 0) is 67.1 Å². The number of nitrogens with one attached hydrogen (secondary N) is 3. The minimum atomic E-state index is -3.75. The standard InChI is InChI=1S/C27H24N4O4S/c1-19-8-14-23(15-9-19)36(34,35)31-22-12-10-21(11-13-22)26(32)30-25-7-3-2-6-24(25)27(33)29-18-20-5-4-16-28-17-20/h2-17,31H,18H2,1H3,(H,29,33)(H,30,32). The molecule has 4 rings (SSSR count). The molecule has 36 heavy (non-hydrogen) atoms. The van der Waals surface area contributed by atoms with Crippen molar-refractivity contribution in [2.45, 2.75) is 18.4 Å². The molecule has 3 aromatic carbocycles.